The summed E-state index contributed by atoms with van der Waals surface area (Å²) in [7, 11) is -3.01. The molecular formula is C17H23ClN6O2S. The van der Waals surface area contributed by atoms with E-state index in [1.165, 1.54) is 0 Å². The van der Waals surface area contributed by atoms with E-state index in [1.54, 1.807) is 11.3 Å². The van der Waals surface area contributed by atoms with Gasteiger partial charge in [0.25, 0.3) is 0 Å². The van der Waals surface area contributed by atoms with Crippen molar-refractivity contribution in [3.63, 3.8) is 0 Å². The van der Waals surface area contributed by atoms with Crippen molar-refractivity contribution in [1.29, 1.82) is 0 Å². The van der Waals surface area contributed by atoms with Crippen LogP contribution in [-0.2, 0) is 9.84 Å². The van der Waals surface area contributed by atoms with Gasteiger partial charge in [-0.3, -0.25) is 10.9 Å². The zero-order chi connectivity index (χ0) is 19.2. The van der Waals surface area contributed by atoms with Gasteiger partial charge in [-0.15, -0.1) is 0 Å². The first-order chi connectivity index (χ1) is 12.9. The number of rotatable bonds is 3. The number of hydrogen-bond donors (Lipinski definition) is 1. The van der Waals surface area contributed by atoms with Crippen molar-refractivity contribution >= 4 is 32.8 Å². The van der Waals surface area contributed by atoms with Crippen molar-refractivity contribution < 1.29 is 8.42 Å². The molecule has 0 spiro atoms. The van der Waals surface area contributed by atoms with Crippen molar-refractivity contribution in [3.8, 4) is 0 Å². The van der Waals surface area contributed by atoms with E-state index in [1.807, 2.05) is 33.9 Å². The van der Waals surface area contributed by atoms with E-state index in [2.05, 4.69) is 16.9 Å². The number of nitrogens with zero attached hydrogens (tertiary/aromatic N) is 5. The van der Waals surface area contributed by atoms with E-state index in [4.69, 9.17) is 17.4 Å². The minimum atomic E-state index is -3.01. The van der Waals surface area contributed by atoms with Crippen LogP contribution in [0.4, 0.5) is 5.82 Å². The molecule has 0 bridgehead atoms. The molecule has 8 nitrogen and oxygen atoms in total. The van der Waals surface area contributed by atoms with Crippen LogP contribution in [0.3, 0.4) is 0 Å². The molecular weight excluding hydrogens is 388 g/mol. The zero-order valence-electron chi connectivity index (χ0n) is 15.1. The number of sulfone groups is 1. The molecule has 1 fully saturated rings. The highest BCUT2D eigenvalue weighted by molar-refractivity contribution is 7.91. The fraction of sp³-hybridized carbons (Fsp3) is 0.471. The topological polar surface area (TPSA) is 87.2 Å². The van der Waals surface area contributed by atoms with Gasteiger partial charge in [0.15, 0.2) is 9.84 Å². The molecule has 0 amide bonds. The molecule has 0 aliphatic carbocycles. The highest BCUT2D eigenvalue weighted by Crippen LogP contribution is 2.36. The summed E-state index contributed by atoms with van der Waals surface area (Å²) in [6, 6.07) is 3.72. The molecule has 1 atom stereocenters. The first-order valence-corrected chi connectivity index (χ1v) is 11.2. The maximum absolute atomic E-state index is 12.1. The number of hydrazine groups is 2. The Morgan fingerprint density at radius 2 is 2.11 bits per heavy atom. The molecule has 1 saturated heterocycles. The van der Waals surface area contributed by atoms with E-state index >= 15 is 0 Å². The molecule has 4 rings (SSSR count). The van der Waals surface area contributed by atoms with E-state index in [0.29, 0.717) is 31.1 Å². The SMILES string of the molecule is CC(c1cc(Cl)c2ccnn2c1N1CCCS(=O)(=O)CC1)N1C=CCN1N. The van der Waals surface area contributed by atoms with Gasteiger partial charge in [-0.05, 0) is 31.6 Å². The summed E-state index contributed by atoms with van der Waals surface area (Å²) < 4.78 is 26.0. The average Bonchev–Trinajstić information content (AvgIpc) is 3.23. The second-order valence-electron chi connectivity index (χ2n) is 6.95. The first kappa shape index (κ1) is 18.5. The molecule has 2 aliphatic rings. The summed E-state index contributed by atoms with van der Waals surface area (Å²) in [5.74, 6) is 7.31. The van der Waals surface area contributed by atoms with E-state index in [9.17, 15) is 8.42 Å². The van der Waals surface area contributed by atoms with Crippen LogP contribution in [-0.4, -0.2) is 59.3 Å². The van der Waals surface area contributed by atoms with Crippen molar-refractivity contribution in [3.05, 3.63) is 41.2 Å². The normalized spacial score (nSPS) is 21.7. The number of nitrogens with two attached hydrogens (primary N) is 1. The molecule has 4 heterocycles. The highest BCUT2D eigenvalue weighted by Gasteiger charge is 2.29. The molecule has 146 valence electrons. The second kappa shape index (κ2) is 6.97. The van der Waals surface area contributed by atoms with Crippen molar-refractivity contribution in [1.82, 2.24) is 19.7 Å². The Labute approximate surface area is 163 Å². The third kappa shape index (κ3) is 3.40. The van der Waals surface area contributed by atoms with Crippen molar-refractivity contribution in [2.75, 3.05) is 36.0 Å². The standard InChI is InChI=1S/C17H23ClN6O2S/c1-13(22-7-2-8-23(22)19)14-12-15(18)16-4-5-20-24(16)17(14)21-6-3-10-27(25,26)11-9-21/h2,4-5,7,12-13H,3,6,8-11,19H2,1H3. The molecule has 0 aromatic carbocycles. The molecule has 2 aromatic rings. The number of pyridine rings is 1. The number of hydrogen-bond acceptors (Lipinski definition) is 7. The first-order valence-electron chi connectivity index (χ1n) is 8.96. The minimum absolute atomic E-state index is 0.0882. The summed E-state index contributed by atoms with van der Waals surface area (Å²) in [4.78, 5) is 2.10. The molecule has 1 unspecified atom stereocenters. The molecule has 0 radical (unpaired) electrons. The Morgan fingerprint density at radius 3 is 2.85 bits per heavy atom. The molecule has 10 heteroatoms. The van der Waals surface area contributed by atoms with E-state index in [-0.39, 0.29) is 17.5 Å². The number of aromatic nitrogens is 2. The molecule has 2 N–H and O–H groups in total. The summed E-state index contributed by atoms with van der Waals surface area (Å²) >= 11 is 6.52. The smallest absolute Gasteiger partial charge is 0.152 e. The number of fused-ring (bicyclic) bond motifs is 1. The zero-order valence-corrected chi connectivity index (χ0v) is 16.7. The van der Waals surface area contributed by atoms with Gasteiger partial charge in [-0.1, -0.05) is 11.6 Å². The van der Waals surface area contributed by atoms with Crippen LogP contribution in [0.15, 0.2) is 30.6 Å². The summed E-state index contributed by atoms with van der Waals surface area (Å²) in [6.45, 7) is 3.77. The lowest BCUT2D eigenvalue weighted by atomic mass is 10.1. The average molecular weight is 411 g/mol. The quantitative estimate of drug-likeness (QED) is 0.769. The lowest BCUT2D eigenvalue weighted by Gasteiger charge is -2.34. The van der Waals surface area contributed by atoms with Gasteiger partial charge in [-0.25, -0.2) is 12.9 Å². The van der Waals surface area contributed by atoms with Gasteiger partial charge in [0.05, 0.1) is 40.8 Å². The van der Waals surface area contributed by atoms with Gasteiger partial charge in [0.2, 0.25) is 0 Å². The fourth-order valence-corrected chi connectivity index (χ4v) is 5.29. The Hall–Kier alpha value is -1.81. The monoisotopic (exact) mass is 410 g/mol. The van der Waals surface area contributed by atoms with Gasteiger partial charge < -0.3 is 4.90 Å². The number of halogens is 1. The van der Waals surface area contributed by atoms with Gasteiger partial charge in [0.1, 0.15) is 5.82 Å². The van der Waals surface area contributed by atoms with Crippen LogP contribution >= 0.6 is 11.6 Å². The number of anilines is 1. The van der Waals surface area contributed by atoms with Gasteiger partial charge >= 0.3 is 0 Å². The van der Waals surface area contributed by atoms with Gasteiger partial charge in [0, 0.05) is 24.9 Å². The summed E-state index contributed by atoms with van der Waals surface area (Å²) in [5.41, 5.74) is 1.76. The Balaban J connectivity index is 1.83. The lowest BCUT2D eigenvalue weighted by Crippen LogP contribution is -2.42. The third-order valence-corrected chi connectivity index (χ3v) is 7.20. The minimum Gasteiger partial charge on any atom is -0.355 e. The Morgan fingerprint density at radius 1 is 1.30 bits per heavy atom. The largest absolute Gasteiger partial charge is 0.355 e. The van der Waals surface area contributed by atoms with Crippen LogP contribution in [0.2, 0.25) is 5.02 Å². The van der Waals surface area contributed by atoms with Crippen LogP contribution in [0.1, 0.15) is 24.9 Å². The second-order valence-corrected chi connectivity index (χ2v) is 9.67. The van der Waals surface area contributed by atoms with E-state index in [0.717, 1.165) is 16.9 Å². The Bertz CT molecular complexity index is 989. The summed E-state index contributed by atoms with van der Waals surface area (Å²) in [5, 5.41) is 8.66. The van der Waals surface area contributed by atoms with Crippen LogP contribution in [0.25, 0.3) is 5.52 Å². The molecule has 0 saturated carbocycles. The maximum Gasteiger partial charge on any atom is 0.152 e. The van der Waals surface area contributed by atoms with Crippen LogP contribution in [0.5, 0.6) is 0 Å². The lowest BCUT2D eigenvalue weighted by molar-refractivity contribution is 0.0158. The van der Waals surface area contributed by atoms with Crippen LogP contribution < -0.4 is 10.7 Å². The molecule has 2 aliphatic heterocycles. The van der Waals surface area contributed by atoms with E-state index < -0.39 is 9.84 Å². The highest BCUT2D eigenvalue weighted by atomic mass is 35.5. The third-order valence-electron chi connectivity index (χ3n) is 5.18. The van der Waals surface area contributed by atoms with Gasteiger partial charge in [-0.2, -0.15) is 10.2 Å². The van der Waals surface area contributed by atoms with Crippen molar-refractivity contribution in [2.24, 2.45) is 5.84 Å². The van der Waals surface area contributed by atoms with Crippen molar-refractivity contribution in [2.45, 2.75) is 19.4 Å². The predicted octanol–water partition coefficient (Wildman–Crippen LogP) is 1.59. The molecule has 27 heavy (non-hydrogen) atoms. The molecule has 2 aromatic heterocycles. The maximum atomic E-state index is 12.1. The Kier molecular flexibility index (Phi) is 4.79. The van der Waals surface area contributed by atoms with Crippen LogP contribution in [0, 0.1) is 0 Å². The summed E-state index contributed by atoms with van der Waals surface area (Å²) in [6.07, 6.45) is 6.23. The predicted molar refractivity (Wildman–Crippen MR) is 106 cm³/mol. The fourth-order valence-electron chi connectivity index (χ4n) is 3.76.